The van der Waals surface area contributed by atoms with Crippen molar-refractivity contribution in [3.63, 3.8) is 0 Å². The van der Waals surface area contributed by atoms with E-state index < -0.39 is 11.8 Å². The molecule has 0 saturated heterocycles. The molecule has 0 aliphatic carbocycles. The van der Waals surface area contributed by atoms with E-state index in [0.29, 0.717) is 12.4 Å². The topological polar surface area (TPSA) is 35.5 Å². The number of carbonyl (C=O) groups is 1. The summed E-state index contributed by atoms with van der Waals surface area (Å²) in [5.74, 6) is -0.846. The Morgan fingerprint density at radius 3 is 2.73 bits per heavy atom. The molecule has 5 heteroatoms. The highest BCUT2D eigenvalue weighted by atomic mass is 79.9. The van der Waals surface area contributed by atoms with E-state index in [2.05, 4.69) is 20.7 Å². The fraction of sp³-hybridized carbons (Fsp3) is 0.300. The van der Waals surface area contributed by atoms with Gasteiger partial charge in [0.05, 0.1) is 18.2 Å². The summed E-state index contributed by atoms with van der Waals surface area (Å²) in [6.07, 6.45) is 0. The monoisotopic (exact) mass is 276 g/mol. The van der Waals surface area contributed by atoms with Crippen LogP contribution in [0.3, 0.4) is 0 Å². The van der Waals surface area contributed by atoms with Crippen molar-refractivity contribution in [3.05, 3.63) is 28.0 Å². The van der Waals surface area contributed by atoms with Gasteiger partial charge in [0.1, 0.15) is 17.1 Å². The molecule has 0 spiro atoms. The number of hydrogen-bond donors (Lipinski definition) is 0. The van der Waals surface area contributed by atoms with Crippen LogP contribution >= 0.6 is 15.9 Å². The van der Waals surface area contributed by atoms with Gasteiger partial charge in [0.2, 0.25) is 0 Å². The van der Waals surface area contributed by atoms with Crippen LogP contribution in [0.2, 0.25) is 0 Å². The maximum Gasteiger partial charge on any atom is 0.341 e. The minimum Gasteiger partial charge on any atom is -0.493 e. The van der Waals surface area contributed by atoms with Crippen molar-refractivity contribution in [2.24, 2.45) is 0 Å². The van der Waals surface area contributed by atoms with E-state index in [0.717, 1.165) is 6.07 Å². The second-order valence-corrected chi connectivity index (χ2v) is 3.54. The van der Waals surface area contributed by atoms with Crippen LogP contribution in [0.25, 0.3) is 0 Å². The number of rotatable bonds is 3. The molecule has 0 saturated carbocycles. The fourth-order valence-electron chi connectivity index (χ4n) is 1.07. The molecule has 1 aromatic rings. The van der Waals surface area contributed by atoms with Crippen LogP contribution in [0.15, 0.2) is 16.6 Å². The second-order valence-electron chi connectivity index (χ2n) is 2.69. The first-order chi connectivity index (χ1) is 7.10. The number of esters is 1. The molecule has 0 aliphatic heterocycles. The highest BCUT2D eigenvalue weighted by molar-refractivity contribution is 9.10. The third-order valence-corrected chi connectivity index (χ3v) is 2.34. The third kappa shape index (κ3) is 2.68. The predicted molar refractivity (Wildman–Crippen MR) is 56.6 cm³/mol. The summed E-state index contributed by atoms with van der Waals surface area (Å²) < 4.78 is 23.2. The lowest BCUT2D eigenvalue weighted by Gasteiger charge is -2.09. The van der Waals surface area contributed by atoms with E-state index in [4.69, 9.17) is 4.74 Å². The Bertz CT molecular complexity index is 379. The van der Waals surface area contributed by atoms with E-state index in [1.807, 2.05) is 0 Å². The second kappa shape index (κ2) is 5.11. The molecule has 0 fully saturated rings. The van der Waals surface area contributed by atoms with Gasteiger partial charge in [0.25, 0.3) is 0 Å². The van der Waals surface area contributed by atoms with Crippen LogP contribution in [0, 0.1) is 5.82 Å². The maximum absolute atomic E-state index is 13.2. The summed E-state index contributed by atoms with van der Waals surface area (Å²) >= 11 is 3.01. The Morgan fingerprint density at radius 2 is 2.20 bits per heavy atom. The zero-order chi connectivity index (χ0) is 11.4. The summed E-state index contributed by atoms with van der Waals surface area (Å²) in [6.45, 7) is 2.17. The van der Waals surface area contributed by atoms with E-state index >= 15 is 0 Å². The van der Waals surface area contributed by atoms with Gasteiger partial charge in [-0.05, 0) is 35.0 Å². The Morgan fingerprint density at radius 1 is 1.53 bits per heavy atom. The van der Waals surface area contributed by atoms with Crippen LogP contribution in [0.1, 0.15) is 17.3 Å². The molecule has 0 amide bonds. The van der Waals surface area contributed by atoms with Gasteiger partial charge in [0, 0.05) is 0 Å². The zero-order valence-corrected chi connectivity index (χ0v) is 9.93. The minimum absolute atomic E-state index is 0.0834. The van der Waals surface area contributed by atoms with E-state index in [1.54, 1.807) is 6.92 Å². The molecule has 3 nitrogen and oxygen atoms in total. The van der Waals surface area contributed by atoms with Crippen LogP contribution < -0.4 is 4.74 Å². The van der Waals surface area contributed by atoms with Gasteiger partial charge in [-0.15, -0.1) is 0 Å². The van der Waals surface area contributed by atoms with E-state index in [1.165, 1.54) is 13.2 Å². The van der Waals surface area contributed by atoms with Gasteiger partial charge < -0.3 is 9.47 Å². The van der Waals surface area contributed by atoms with Gasteiger partial charge in [0.15, 0.2) is 0 Å². The summed E-state index contributed by atoms with van der Waals surface area (Å²) in [7, 11) is 1.23. The average molecular weight is 277 g/mol. The molecular formula is C10H10BrFO3. The Balaban J connectivity index is 3.21. The lowest BCUT2D eigenvalue weighted by Crippen LogP contribution is -2.06. The van der Waals surface area contributed by atoms with Gasteiger partial charge >= 0.3 is 5.97 Å². The summed E-state index contributed by atoms with van der Waals surface area (Å²) in [5, 5.41) is 0. The molecule has 0 aliphatic rings. The summed E-state index contributed by atoms with van der Waals surface area (Å²) in [5.41, 5.74) is 0.0834. The molecule has 0 unspecified atom stereocenters. The van der Waals surface area contributed by atoms with Gasteiger partial charge in [-0.2, -0.15) is 0 Å². The quantitative estimate of drug-likeness (QED) is 0.797. The molecular weight excluding hydrogens is 267 g/mol. The molecule has 1 rings (SSSR count). The highest BCUT2D eigenvalue weighted by Gasteiger charge is 2.16. The molecule has 0 bridgehead atoms. The molecule has 15 heavy (non-hydrogen) atoms. The summed E-state index contributed by atoms with van der Waals surface area (Å²) in [6, 6.07) is 2.49. The molecule has 0 heterocycles. The van der Waals surface area contributed by atoms with Crippen molar-refractivity contribution in [3.8, 4) is 5.75 Å². The Labute approximate surface area is 95.3 Å². The van der Waals surface area contributed by atoms with E-state index in [-0.39, 0.29) is 10.0 Å². The Hall–Kier alpha value is -1.10. The lowest BCUT2D eigenvalue weighted by molar-refractivity contribution is 0.0595. The molecule has 0 N–H and O–H groups in total. The van der Waals surface area contributed by atoms with E-state index in [9.17, 15) is 9.18 Å². The number of benzene rings is 1. The van der Waals surface area contributed by atoms with Gasteiger partial charge in [-0.3, -0.25) is 0 Å². The number of hydrogen-bond acceptors (Lipinski definition) is 3. The first-order valence-corrected chi connectivity index (χ1v) is 5.09. The van der Waals surface area contributed by atoms with Crippen LogP contribution in [0.4, 0.5) is 4.39 Å². The van der Waals surface area contributed by atoms with Crippen LogP contribution in [0.5, 0.6) is 5.75 Å². The van der Waals surface area contributed by atoms with Crippen molar-refractivity contribution in [2.45, 2.75) is 6.92 Å². The number of halogens is 2. The zero-order valence-electron chi connectivity index (χ0n) is 8.34. The molecule has 0 radical (unpaired) electrons. The largest absolute Gasteiger partial charge is 0.493 e. The van der Waals surface area contributed by atoms with Crippen molar-refractivity contribution in [2.75, 3.05) is 13.7 Å². The lowest BCUT2D eigenvalue weighted by atomic mass is 10.2. The summed E-state index contributed by atoms with van der Waals surface area (Å²) in [4.78, 5) is 11.3. The Kier molecular flexibility index (Phi) is 4.08. The van der Waals surface area contributed by atoms with Crippen molar-refractivity contribution >= 4 is 21.9 Å². The first kappa shape index (κ1) is 12.0. The van der Waals surface area contributed by atoms with Crippen molar-refractivity contribution < 1.29 is 18.7 Å². The average Bonchev–Trinajstić information content (AvgIpc) is 2.22. The molecule has 0 aromatic heterocycles. The first-order valence-electron chi connectivity index (χ1n) is 4.30. The highest BCUT2D eigenvalue weighted by Crippen LogP contribution is 2.27. The number of carbonyl (C=O) groups excluding carboxylic acids is 1. The maximum atomic E-state index is 13.2. The van der Waals surface area contributed by atoms with Crippen LogP contribution in [-0.4, -0.2) is 19.7 Å². The standard InChI is InChI=1S/C10H10BrFO3/c1-3-15-9-5-7(11)8(12)4-6(9)10(13)14-2/h4-5H,3H2,1-2H3. The fourth-order valence-corrected chi connectivity index (χ4v) is 1.40. The van der Waals surface area contributed by atoms with Crippen molar-refractivity contribution in [1.29, 1.82) is 0 Å². The number of ether oxygens (including phenoxy) is 2. The minimum atomic E-state index is -0.621. The molecule has 1 aromatic carbocycles. The van der Waals surface area contributed by atoms with Crippen LogP contribution in [-0.2, 0) is 4.74 Å². The number of methoxy groups -OCH3 is 1. The molecule has 0 atom stereocenters. The van der Waals surface area contributed by atoms with Gasteiger partial charge in [-0.1, -0.05) is 0 Å². The molecule has 82 valence electrons. The van der Waals surface area contributed by atoms with Crippen molar-refractivity contribution in [1.82, 2.24) is 0 Å². The predicted octanol–water partition coefficient (Wildman–Crippen LogP) is 2.77. The smallest absolute Gasteiger partial charge is 0.341 e. The normalized spacial score (nSPS) is 9.87. The SMILES string of the molecule is CCOc1cc(Br)c(F)cc1C(=O)OC. The van der Waals surface area contributed by atoms with Gasteiger partial charge in [-0.25, -0.2) is 9.18 Å². The third-order valence-electron chi connectivity index (χ3n) is 1.73.